The zero-order valence-electron chi connectivity index (χ0n) is 20.9. The zero-order chi connectivity index (χ0) is 28.9. The second-order valence-corrected chi connectivity index (χ2v) is 11.7. The second-order valence-electron chi connectivity index (χ2n) is 7.99. The number of carbonyl (C=O) groups is 3. The third kappa shape index (κ3) is 11.9. The molecular formula is C25H27BrINO9S2. The number of benzene rings is 2. The number of rotatable bonds is 6. The Morgan fingerprint density at radius 1 is 1.05 bits per heavy atom. The van der Waals surface area contributed by atoms with Crippen LogP contribution in [0.2, 0.25) is 0 Å². The number of halogens is 2. The molecule has 2 aromatic carbocycles. The van der Waals surface area contributed by atoms with Gasteiger partial charge in [-0.2, -0.15) is 0 Å². The Hall–Kier alpha value is -2.14. The van der Waals surface area contributed by atoms with E-state index in [2.05, 4.69) is 43.4 Å². The van der Waals surface area contributed by atoms with Crippen molar-refractivity contribution in [1.82, 2.24) is 4.90 Å². The van der Waals surface area contributed by atoms with Crippen LogP contribution in [-0.2, 0) is 20.7 Å². The summed E-state index contributed by atoms with van der Waals surface area (Å²) < 4.78 is 18.1. The molecule has 2 aliphatic heterocycles. The minimum atomic E-state index is -0.888. The van der Waals surface area contributed by atoms with E-state index in [1.807, 2.05) is 6.92 Å². The quantitative estimate of drug-likeness (QED) is 0.272. The van der Waals surface area contributed by atoms with E-state index in [9.17, 15) is 14.4 Å². The number of aryl methyl sites for hydroxylation is 1. The summed E-state index contributed by atoms with van der Waals surface area (Å²) in [7, 11) is 0. The summed E-state index contributed by atoms with van der Waals surface area (Å²) in [5.41, 5.74) is 2.01. The first-order valence-corrected chi connectivity index (χ1v) is 14.7. The molecule has 0 saturated carbocycles. The van der Waals surface area contributed by atoms with Gasteiger partial charge in [0.25, 0.3) is 0 Å². The fourth-order valence-corrected chi connectivity index (χ4v) is 5.22. The summed E-state index contributed by atoms with van der Waals surface area (Å²) in [6.07, 6.45) is 0.171. The molecule has 1 fully saturated rings. The smallest absolute Gasteiger partial charge is 0.335 e. The maximum Gasteiger partial charge on any atom is 0.335 e. The van der Waals surface area contributed by atoms with E-state index < -0.39 is 17.9 Å². The first-order chi connectivity index (χ1) is 18.5. The van der Waals surface area contributed by atoms with Crippen LogP contribution < -0.4 is 9.47 Å². The number of carboxylic acids is 3. The van der Waals surface area contributed by atoms with Gasteiger partial charge in [-0.25, -0.2) is 4.79 Å². The number of carboxylic acid groups (broad SMARTS) is 3. The van der Waals surface area contributed by atoms with E-state index in [1.165, 1.54) is 11.8 Å². The summed E-state index contributed by atoms with van der Waals surface area (Å²) in [6.45, 7) is 5.12. The van der Waals surface area contributed by atoms with Crippen LogP contribution in [0.3, 0.4) is 0 Å². The van der Waals surface area contributed by atoms with E-state index in [1.54, 1.807) is 30.3 Å². The van der Waals surface area contributed by atoms with Gasteiger partial charge in [0.2, 0.25) is 6.79 Å². The third-order valence-electron chi connectivity index (χ3n) is 5.10. The predicted molar refractivity (Wildman–Crippen MR) is 162 cm³/mol. The van der Waals surface area contributed by atoms with Crippen molar-refractivity contribution in [3.8, 4) is 11.5 Å². The van der Waals surface area contributed by atoms with E-state index in [4.69, 9.17) is 41.7 Å². The van der Waals surface area contributed by atoms with Crippen molar-refractivity contribution in [2.24, 2.45) is 0 Å². The number of hydrogen-bond acceptors (Lipinski definition) is 8. The normalized spacial score (nSPS) is 13.4. The van der Waals surface area contributed by atoms with Gasteiger partial charge in [0.1, 0.15) is 4.32 Å². The Morgan fingerprint density at radius 2 is 1.69 bits per heavy atom. The fourth-order valence-electron chi connectivity index (χ4n) is 3.10. The van der Waals surface area contributed by atoms with Crippen molar-refractivity contribution in [1.29, 1.82) is 0 Å². The number of ether oxygens (including phenoxy) is 3. The van der Waals surface area contributed by atoms with Crippen LogP contribution >= 0.6 is 62.5 Å². The number of morpholine rings is 1. The molecule has 0 aromatic heterocycles. The van der Waals surface area contributed by atoms with Gasteiger partial charge in [-0.05, 0) is 71.0 Å². The van der Waals surface area contributed by atoms with Crippen LogP contribution in [0.1, 0.15) is 27.9 Å². The van der Waals surface area contributed by atoms with Gasteiger partial charge in [-0.3, -0.25) is 9.59 Å². The van der Waals surface area contributed by atoms with Crippen LogP contribution in [0.25, 0.3) is 0 Å². The molecule has 10 nitrogen and oxygen atoms in total. The number of aliphatic carboxylic acids is 2. The van der Waals surface area contributed by atoms with Crippen molar-refractivity contribution in [2.45, 2.75) is 19.8 Å². The zero-order valence-corrected chi connectivity index (χ0v) is 26.2. The maximum atomic E-state index is 10.5. The topological polar surface area (TPSA) is 143 Å². The Balaban J connectivity index is 0.000000207. The largest absolute Gasteiger partial charge is 0.481 e. The van der Waals surface area contributed by atoms with Crippen molar-refractivity contribution < 1.29 is 43.9 Å². The lowest BCUT2D eigenvalue weighted by atomic mass is 10.1. The highest BCUT2D eigenvalue weighted by atomic mass is 127. The van der Waals surface area contributed by atoms with E-state index in [0.717, 1.165) is 36.6 Å². The number of hydrogen-bond donors (Lipinski definition) is 3. The molecule has 0 amide bonds. The van der Waals surface area contributed by atoms with Crippen LogP contribution in [0.4, 0.5) is 0 Å². The van der Waals surface area contributed by atoms with Crippen molar-refractivity contribution in [2.75, 3.05) is 38.8 Å². The minimum Gasteiger partial charge on any atom is -0.481 e. The van der Waals surface area contributed by atoms with Gasteiger partial charge in [0.15, 0.2) is 11.5 Å². The Bertz CT molecular complexity index is 1190. The lowest BCUT2D eigenvalue weighted by molar-refractivity contribution is -0.137. The average Bonchev–Trinajstić information content (AvgIpc) is 3.33. The monoisotopic (exact) mass is 755 g/mol. The maximum absolute atomic E-state index is 10.5. The summed E-state index contributed by atoms with van der Waals surface area (Å²) in [5, 5.41) is 25.7. The standard InChI is InChI=1S/C9H7IO4.C8H7BrO2.C8H13NO3S2/c10-6-3-8-7(13-4-14-8)1-5(6)2-9(11)12;1-5-4-6(8(10)11)2-3-7(5)9;10-7(11)1-6-14-8(13)9-2-4-12-5-3-9/h1,3H,2,4H2,(H,11,12);2-4H,1H3,(H,10,11);1-6H2,(H,10,11). The fraction of sp³-hybridized carbons (Fsp3) is 0.360. The van der Waals surface area contributed by atoms with E-state index in [0.29, 0.717) is 36.0 Å². The van der Waals surface area contributed by atoms with Crippen molar-refractivity contribution in [3.05, 3.63) is 55.1 Å². The molecule has 0 radical (unpaired) electrons. The molecule has 0 unspecified atom stereocenters. The van der Waals surface area contributed by atoms with Crippen LogP contribution in [-0.4, -0.2) is 81.3 Å². The first kappa shape index (κ1) is 33.1. The lowest BCUT2D eigenvalue weighted by Gasteiger charge is -2.28. The molecule has 0 atom stereocenters. The Labute approximate surface area is 257 Å². The molecule has 2 heterocycles. The van der Waals surface area contributed by atoms with Gasteiger partial charge in [0.05, 0.1) is 31.6 Å². The molecule has 0 spiro atoms. The van der Waals surface area contributed by atoms with Crippen LogP contribution in [0.15, 0.2) is 34.8 Å². The Morgan fingerprint density at radius 3 is 2.26 bits per heavy atom. The number of aromatic carboxylic acids is 1. The third-order valence-corrected chi connectivity index (χ3v) is 8.52. The second kappa shape index (κ2) is 16.8. The number of fused-ring (bicyclic) bond motifs is 1. The van der Waals surface area contributed by atoms with Gasteiger partial charge >= 0.3 is 17.9 Å². The summed E-state index contributed by atoms with van der Waals surface area (Å²) in [5.74, 6) is -0.652. The van der Waals surface area contributed by atoms with E-state index >= 15 is 0 Å². The predicted octanol–water partition coefficient (Wildman–Crippen LogP) is 4.91. The molecule has 212 valence electrons. The molecular weight excluding hydrogens is 729 g/mol. The molecule has 0 bridgehead atoms. The summed E-state index contributed by atoms with van der Waals surface area (Å²) in [4.78, 5) is 33.3. The van der Waals surface area contributed by atoms with Crippen molar-refractivity contribution in [3.63, 3.8) is 0 Å². The highest BCUT2D eigenvalue weighted by Gasteiger charge is 2.17. The minimum absolute atomic E-state index is 0.00884. The summed E-state index contributed by atoms with van der Waals surface area (Å²) in [6, 6.07) is 8.45. The molecule has 4 rings (SSSR count). The molecule has 2 aromatic rings. The number of nitrogens with zero attached hydrogens (tertiary/aromatic N) is 1. The van der Waals surface area contributed by atoms with Gasteiger partial charge in [-0.15, -0.1) is 0 Å². The van der Waals surface area contributed by atoms with Gasteiger partial charge in [0, 0.05) is 26.9 Å². The van der Waals surface area contributed by atoms with Gasteiger partial charge < -0.3 is 34.4 Å². The molecule has 3 N–H and O–H groups in total. The molecule has 14 heteroatoms. The van der Waals surface area contributed by atoms with Crippen LogP contribution in [0, 0.1) is 10.5 Å². The highest BCUT2D eigenvalue weighted by molar-refractivity contribution is 14.1. The molecule has 1 saturated heterocycles. The highest BCUT2D eigenvalue weighted by Crippen LogP contribution is 2.35. The Kier molecular flexibility index (Phi) is 14.3. The van der Waals surface area contributed by atoms with E-state index in [-0.39, 0.29) is 19.6 Å². The lowest BCUT2D eigenvalue weighted by Crippen LogP contribution is -2.38. The van der Waals surface area contributed by atoms with Crippen LogP contribution in [0.5, 0.6) is 11.5 Å². The molecule has 0 aliphatic carbocycles. The number of thiocarbonyl (C=S) groups is 1. The number of thioether (sulfide) groups is 1. The van der Waals surface area contributed by atoms with Crippen molar-refractivity contribution >= 4 is 84.7 Å². The first-order valence-electron chi connectivity index (χ1n) is 11.5. The summed E-state index contributed by atoms with van der Waals surface area (Å²) >= 11 is 12.0. The van der Waals surface area contributed by atoms with Gasteiger partial charge in [-0.1, -0.05) is 39.9 Å². The average molecular weight is 756 g/mol. The SMILES string of the molecule is Cc1cc(C(=O)O)ccc1Br.O=C(O)CCSC(=S)N1CCOCC1.O=C(O)Cc1cc2c(cc1I)OCO2. The molecule has 2 aliphatic rings. The molecule has 39 heavy (non-hydrogen) atoms.